The Morgan fingerprint density at radius 3 is 2.48 bits per heavy atom. The summed E-state index contributed by atoms with van der Waals surface area (Å²) in [5.74, 6) is 0.793. The van der Waals surface area contributed by atoms with E-state index in [0.29, 0.717) is 12.3 Å². The van der Waals surface area contributed by atoms with Crippen LogP contribution in [0.3, 0.4) is 0 Å². The van der Waals surface area contributed by atoms with Crippen molar-refractivity contribution >= 4 is 16.8 Å². The highest BCUT2D eigenvalue weighted by molar-refractivity contribution is 5.87. The molecule has 0 bridgehead atoms. The van der Waals surface area contributed by atoms with Gasteiger partial charge in [0.2, 0.25) is 5.91 Å². The van der Waals surface area contributed by atoms with Gasteiger partial charge < -0.3 is 15.2 Å². The first-order valence-electron chi connectivity index (χ1n) is 11.5. The molecule has 0 aliphatic heterocycles. The average Bonchev–Trinajstić information content (AvgIpc) is 3.13. The van der Waals surface area contributed by atoms with Crippen molar-refractivity contribution in [2.75, 3.05) is 19.6 Å². The maximum absolute atomic E-state index is 12.8. The lowest BCUT2D eigenvalue weighted by atomic mass is 9.85. The highest BCUT2D eigenvalue weighted by Crippen LogP contribution is 2.34. The third kappa shape index (κ3) is 6.33. The van der Waals surface area contributed by atoms with Crippen LogP contribution in [0.15, 0.2) is 24.4 Å². The van der Waals surface area contributed by atoms with Crippen molar-refractivity contribution in [2.45, 2.75) is 79.2 Å². The highest BCUT2D eigenvalue weighted by Gasteiger charge is 2.23. The number of rotatable bonds is 12. The van der Waals surface area contributed by atoms with E-state index < -0.39 is 0 Å². The SMILES string of the molecule is CCc1cccc2c([C@@H](CC(=O)N[C@@H](C)CCCN(CC)CC)C(C)C)c[nH]c12. The second-order valence-electron chi connectivity index (χ2n) is 8.63. The Kier molecular flexibility index (Phi) is 9.22. The van der Waals surface area contributed by atoms with Gasteiger partial charge in [0.1, 0.15) is 0 Å². The van der Waals surface area contributed by atoms with Gasteiger partial charge in [-0.1, -0.05) is 52.8 Å². The van der Waals surface area contributed by atoms with E-state index in [2.05, 4.69) is 81.1 Å². The van der Waals surface area contributed by atoms with E-state index in [1.165, 1.54) is 22.0 Å². The number of carbonyl (C=O) groups is 1. The molecule has 0 aliphatic carbocycles. The van der Waals surface area contributed by atoms with Gasteiger partial charge in [-0.3, -0.25) is 4.79 Å². The molecule has 2 atom stereocenters. The molecule has 2 N–H and O–H groups in total. The van der Waals surface area contributed by atoms with Crippen molar-refractivity contribution in [3.05, 3.63) is 35.5 Å². The molecule has 162 valence electrons. The standard InChI is InChI=1S/C25H41N3O/c1-7-20-13-10-14-21-23(17-26-25(20)21)22(18(4)5)16-24(29)27-19(6)12-11-15-28(8-2)9-3/h10,13-14,17-19,22,26H,7-9,11-12,15-16H2,1-6H3,(H,27,29)/t19-,22-/m0/s1. The number of benzene rings is 1. The topological polar surface area (TPSA) is 48.1 Å². The van der Waals surface area contributed by atoms with E-state index in [0.717, 1.165) is 38.9 Å². The second-order valence-corrected chi connectivity index (χ2v) is 8.63. The van der Waals surface area contributed by atoms with Gasteiger partial charge in [-0.2, -0.15) is 0 Å². The number of para-hydroxylation sites is 1. The number of H-pyrrole nitrogens is 1. The number of aromatic nitrogens is 1. The van der Waals surface area contributed by atoms with Gasteiger partial charge in [0.25, 0.3) is 0 Å². The summed E-state index contributed by atoms with van der Waals surface area (Å²) in [5, 5.41) is 4.51. The van der Waals surface area contributed by atoms with E-state index >= 15 is 0 Å². The van der Waals surface area contributed by atoms with Gasteiger partial charge in [0.15, 0.2) is 0 Å². The molecule has 0 saturated carbocycles. The summed E-state index contributed by atoms with van der Waals surface area (Å²) >= 11 is 0. The number of amides is 1. The number of aryl methyl sites for hydroxylation is 1. The lowest BCUT2D eigenvalue weighted by Gasteiger charge is -2.23. The summed E-state index contributed by atoms with van der Waals surface area (Å²) in [7, 11) is 0. The first-order valence-corrected chi connectivity index (χ1v) is 11.5. The first-order chi connectivity index (χ1) is 13.9. The minimum atomic E-state index is 0.167. The van der Waals surface area contributed by atoms with Crippen LogP contribution in [0.2, 0.25) is 0 Å². The molecule has 0 aliphatic rings. The van der Waals surface area contributed by atoms with E-state index in [1.807, 2.05) is 0 Å². The highest BCUT2D eigenvalue weighted by atomic mass is 16.1. The van der Waals surface area contributed by atoms with Crippen molar-refractivity contribution in [1.29, 1.82) is 0 Å². The van der Waals surface area contributed by atoms with Crippen molar-refractivity contribution < 1.29 is 4.79 Å². The summed E-state index contributed by atoms with van der Waals surface area (Å²) in [4.78, 5) is 18.7. The normalized spacial score (nSPS) is 13.9. The smallest absolute Gasteiger partial charge is 0.220 e. The van der Waals surface area contributed by atoms with Gasteiger partial charge in [-0.05, 0) is 68.8 Å². The van der Waals surface area contributed by atoms with E-state index in [9.17, 15) is 4.79 Å². The molecule has 1 aromatic heterocycles. The fourth-order valence-electron chi connectivity index (χ4n) is 4.31. The van der Waals surface area contributed by atoms with Crippen molar-refractivity contribution in [2.24, 2.45) is 5.92 Å². The van der Waals surface area contributed by atoms with E-state index in [4.69, 9.17) is 0 Å². The molecular weight excluding hydrogens is 358 g/mol. The Morgan fingerprint density at radius 1 is 1.14 bits per heavy atom. The summed E-state index contributed by atoms with van der Waals surface area (Å²) in [5.41, 5.74) is 3.83. The van der Waals surface area contributed by atoms with Crippen molar-refractivity contribution in [3.63, 3.8) is 0 Å². The molecule has 0 spiro atoms. The van der Waals surface area contributed by atoms with Crippen molar-refractivity contribution in [3.8, 4) is 0 Å². The number of carbonyl (C=O) groups excluding carboxylic acids is 1. The van der Waals surface area contributed by atoms with Gasteiger partial charge in [0.05, 0.1) is 0 Å². The quantitative estimate of drug-likeness (QED) is 0.496. The molecule has 0 fully saturated rings. The number of nitrogens with one attached hydrogen (secondary N) is 2. The molecule has 2 aromatic rings. The fourth-order valence-corrected chi connectivity index (χ4v) is 4.31. The molecular formula is C25H41N3O. The Morgan fingerprint density at radius 2 is 1.86 bits per heavy atom. The van der Waals surface area contributed by atoms with Crippen LogP contribution in [0.25, 0.3) is 10.9 Å². The molecule has 1 heterocycles. The summed E-state index contributed by atoms with van der Waals surface area (Å²) in [6.45, 7) is 16.5. The largest absolute Gasteiger partial charge is 0.361 e. The minimum Gasteiger partial charge on any atom is -0.361 e. The summed E-state index contributed by atoms with van der Waals surface area (Å²) in [6, 6.07) is 6.72. The zero-order valence-corrected chi connectivity index (χ0v) is 19.3. The number of nitrogens with zero attached hydrogens (tertiary/aromatic N) is 1. The molecule has 0 unspecified atom stereocenters. The maximum atomic E-state index is 12.8. The van der Waals surface area contributed by atoms with Gasteiger partial charge >= 0.3 is 0 Å². The fraction of sp³-hybridized carbons (Fsp3) is 0.640. The first kappa shape index (κ1) is 23.5. The molecule has 0 saturated heterocycles. The molecule has 4 heteroatoms. The Hall–Kier alpha value is -1.81. The Balaban J connectivity index is 1.99. The van der Waals surface area contributed by atoms with Crippen LogP contribution in [-0.4, -0.2) is 41.5 Å². The molecule has 4 nitrogen and oxygen atoms in total. The van der Waals surface area contributed by atoms with E-state index in [-0.39, 0.29) is 17.9 Å². The third-order valence-corrected chi connectivity index (χ3v) is 6.24. The zero-order valence-electron chi connectivity index (χ0n) is 19.3. The van der Waals surface area contributed by atoms with Gasteiger partial charge in [0, 0.05) is 29.6 Å². The maximum Gasteiger partial charge on any atom is 0.220 e. The molecule has 1 aromatic carbocycles. The van der Waals surface area contributed by atoms with Gasteiger partial charge in [-0.15, -0.1) is 0 Å². The zero-order chi connectivity index (χ0) is 21.4. The lowest BCUT2D eigenvalue weighted by Crippen LogP contribution is -2.34. The Labute approximate surface area is 177 Å². The lowest BCUT2D eigenvalue weighted by molar-refractivity contribution is -0.122. The number of fused-ring (bicyclic) bond motifs is 1. The monoisotopic (exact) mass is 399 g/mol. The number of hydrogen-bond acceptors (Lipinski definition) is 2. The number of hydrogen-bond donors (Lipinski definition) is 2. The van der Waals surface area contributed by atoms with Crippen LogP contribution in [0.5, 0.6) is 0 Å². The van der Waals surface area contributed by atoms with Crippen LogP contribution < -0.4 is 5.32 Å². The van der Waals surface area contributed by atoms with Crippen LogP contribution >= 0.6 is 0 Å². The summed E-state index contributed by atoms with van der Waals surface area (Å²) < 4.78 is 0. The van der Waals surface area contributed by atoms with E-state index in [1.54, 1.807) is 0 Å². The van der Waals surface area contributed by atoms with Crippen LogP contribution in [0, 0.1) is 5.92 Å². The minimum absolute atomic E-state index is 0.167. The molecule has 0 radical (unpaired) electrons. The average molecular weight is 400 g/mol. The van der Waals surface area contributed by atoms with Crippen LogP contribution in [0.1, 0.15) is 77.8 Å². The predicted molar refractivity (Wildman–Crippen MR) is 124 cm³/mol. The second kappa shape index (κ2) is 11.4. The summed E-state index contributed by atoms with van der Waals surface area (Å²) in [6.07, 6.45) is 5.83. The van der Waals surface area contributed by atoms with Crippen molar-refractivity contribution in [1.82, 2.24) is 15.2 Å². The van der Waals surface area contributed by atoms with Crippen LogP contribution in [0.4, 0.5) is 0 Å². The van der Waals surface area contributed by atoms with Gasteiger partial charge in [-0.25, -0.2) is 0 Å². The molecule has 29 heavy (non-hydrogen) atoms. The third-order valence-electron chi connectivity index (χ3n) is 6.24. The Bertz CT molecular complexity index is 761. The molecule has 1 amide bonds. The molecule has 2 rings (SSSR count). The van der Waals surface area contributed by atoms with Crippen LogP contribution in [-0.2, 0) is 11.2 Å². The number of aromatic amines is 1. The predicted octanol–water partition coefficient (Wildman–Crippen LogP) is 5.49.